The third-order valence-electron chi connectivity index (χ3n) is 2.32. The number of nitrogens with two attached hydrogens (primary N) is 1. The van der Waals surface area contributed by atoms with E-state index in [9.17, 15) is 0 Å². The molecule has 0 spiro atoms. The van der Waals surface area contributed by atoms with E-state index >= 15 is 0 Å². The summed E-state index contributed by atoms with van der Waals surface area (Å²) in [4.78, 5) is 4.29. The molecule has 2 rings (SSSR count). The lowest BCUT2D eigenvalue weighted by Gasteiger charge is -2.06. The third kappa shape index (κ3) is 2.01. The van der Waals surface area contributed by atoms with Crippen LogP contribution in [-0.2, 0) is 6.42 Å². The lowest BCUT2D eigenvalue weighted by molar-refractivity contribution is 1.20. The second-order valence-corrected chi connectivity index (χ2v) is 3.44. The molecule has 3 nitrogen and oxygen atoms in total. The molecule has 0 aliphatic rings. The van der Waals surface area contributed by atoms with E-state index in [0.717, 1.165) is 16.8 Å². The van der Waals surface area contributed by atoms with Crippen LogP contribution in [0.2, 0.25) is 0 Å². The van der Waals surface area contributed by atoms with Crippen molar-refractivity contribution in [2.75, 3.05) is 5.73 Å². The summed E-state index contributed by atoms with van der Waals surface area (Å²) < 4.78 is 0. The average Bonchev–Trinajstić information content (AvgIpc) is 2.33. The highest BCUT2D eigenvalue weighted by Gasteiger charge is 2.06. The molecule has 1 heterocycles. The van der Waals surface area contributed by atoms with Crippen LogP contribution in [-0.4, -0.2) is 4.98 Å². The molecule has 1 aromatic carbocycles. The summed E-state index contributed by atoms with van der Waals surface area (Å²) in [6.07, 6.45) is 0.345. The monoisotopic (exact) mass is 209 g/mol. The summed E-state index contributed by atoms with van der Waals surface area (Å²) in [6, 6.07) is 15.5. The van der Waals surface area contributed by atoms with Crippen LogP contribution in [0.3, 0.4) is 0 Å². The van der Waals surface area contributed by atoms with Gasteiger partial charge in [0, 0.05) is 5.56 Å². The van der Waals surface area contributed by atoms with Gasteiger partial charge in [-0.3, -0.25) is 0 Å². The Hall–Kier alpha value is -2.34. The number of aromatic nitrogens is 1. The van der Waals surface area contributed by atoms with E-state index in [0.29, 0.717) is 12.2 Å². The predicted molar refractivity (Wildman–Crippen MR) is 63.4 cm³/mol. The van der Waals surface area contributed by atoms with Crippen LogP contribution in [0.25, 0.3) is 11.3 Å². The summed E-state index contributed by atoms with van der Waals surface area (Å²) >= 11 is 0. The van der Waals surface area contributed by atoms with E-state index in [4.69, 9.17) is 11.0 Å². The maximum atomic E-state index is 8.75. The zero-order chi connectivity index (χ0) is 11.4. The second-order valence-electron chi connectivity index (χ2n) is 3.44. The number of hydrogen-bond donors (Lipinski definition) is 1. The number of nitrogens with zero attached hydrogens (tertiary/aromatic N) is 2. The summed E-state index contributed by atoms with van der Waals surface area (Å²) in [7, 11) is 0. The topological polar surface area (TPSA) is 62.7 Å². The van der Waals surface area contributed by atoms with Gasteiger partial charge in [0.15, 0.2) is 0 Å². The molecule has 0 aliphatic carbocycles. The fourth-order valence-corrected chi connectivity index (χ4v) is 1.58. The van der Waals surface area contributed by atoms with Gasteiger partial charge in [-0.05, 0) is 11.6 Å². The zero-order valence-electron chi connectivity index (χ0n) is 8.72. The molecule has 2 N–H and O–H groups in total. The van der Waals surface area contributed by atoms with Crippen molar-refractivity contribution < 1.29 is 0 Å². The Balaban J connectivity index is 2.55. The molecule has 1 aromatic heterocycles. The zero-order valence-corrected chi connectivity index (χ0v) is 8.72. The first-order valence-corrected chi connectivity index (χ1v) is 4.99. The molecule has 78 valence electrons. The molecular weight excluding hydrogens is 198 g/mol. The van der Waals surface area contributed by atoms with Crippen LogP contribution in [0.4, 0.5) is 5.82 Å². The van der Waals surface area contributed by atoms with Crippen molar-refractivity contribution in [3.63, 3.8) is 0 Å². The summed E-state index contributed by atoms with van der Waals surface area (Å²) in [6.45, 7) is 0. The minimum absolute atomic E-state index is 0.345. The Bertz CT molecular complexity index is 527. The maximum absolute atomic E-state index is 8.75. The summed E-state index contributed by atoms with van der Waals surface area (Å²) in [5.41, 5.74) is 8.35. The molecule has 0 saturated carbocycles. The highest BCUT2D eigenvalue weighted by Crippen LogP contribution is 2.22. The van der Waals surface area contributed by atoms with Crippen molar-refractivity contribution in [2.45, 2.75) is 6.42 Å². The van der Waals surface area contributed by atoms with Gasteiger partial charge in [0.2, 0.25) is 0 Å². The van der Waals surface area contributed by atoms with E-state index in [-0.39, 0.29) is 0 Å². The Labute approximate surface area is 94.2 Å². The van der Waals surface area contributed by atoms with Crippen LogP contribution >= 0.6 is 0 Å². The molecule has 16 heavy (non-hydrogen) atoms. The predicted octanol–water partition coefficient (Wildman–Crippen LogP) is 2.40. The Kier molecular flexibility index (Phi) is 2.84. The van der Waals surface area contributed by atoms with Crippen LogP contribution in [0.1, 0.15) is 5.56 Å². The van der Waals surface area contributed by atoms with Crippen LogP contribution in [0, 0.1) is 11.3 Å². The molecule has 0 amide bonds. The van der Waals surface area contributed by atoms with Crippen molar-refractivity contribution in [1.82, 2.24) is 4.98 Å². The Morgan fingerprint density at radius 3 is 2.56 bits per heavy atom. The lowest BCUT2D eigenvalue weighted by Crippen LogP contribution is -1.97. The quantitative estimate of drug-likeness (QED) is 0.826. The number of nitriles is 1. The van der Waals surface area contributed by atoms with E-state index in [1.54, 1.807) is 6.07 Å². The first-order valence-electron chi connectivity index (χ1n) is 4.99. The molecule has 0 aliphatic heterocycles. The van der Waals surface area contributed by atoms with Crippen molar-refractivity contribution in [3.8, 4) is 17.3 Å². The van der Waals surface area contributed by atoms with Crippen LogP contribution < -0.4 is 5.73 Å². The minimum atomic E-state index is 0.345. The van der Waals surface area contributed by atoms with Crippen LogP contribution in [0.5, 0.6) is 0 Å². The first kappa shape index (κ1) is 10.2. The number of benzene rings is 1. The van der Waals surface area contributed by atoms with E-state index in [1.807, 2.05) is 36.4 Å². The molecule has 0 bridgehead atoms. The smallest absolute Gasteiger partial charge is 0.124 e. The molecular formula is C13H11N3. The third-order valence-corrected chi connectivity index (χ3v) is 2.32. The number of hydrogen-bond acceptors (Lipinski definition) is 3. The van der Waals surface area contributed by atoms with Crippen molar-refractivity contribution in [3.05, 3.63) is 48.0 Å². The van der Waals surface area contributed by atoms with Crippen molar-refractivity contribution in [1.29, 1.82) is 5.26 Å². The van der Waals surface area contributed by atoms with Gasteiger partial charge in [0.05, 0.1) is 18.2 Å². The van der Waals surface area contributed by atoms with Gasteiger partial charge in [-0.15, -0.1) is 0 Å². The molecule has 3 heteroatoms. The highest BCUT2D eigenvalue weighted by molar-refractivity contribution is 5.65. The largest absolute Gasteiger partial charge is 0.384 e. The van der Waals surface area contributed by atoms with E-state index < -0.39 is 0 Å². The summed E-state index contributed by atoms with van der Waals surface area (Å²) in [5, 5.41) is 8.75. The fraction of sp³-hybridized carbons (Fsp3) is 0.0769. The summed E-state index contributed by atoms with van der Waals surface area (Å²) in [5.74, 6) is 0.473. The Morgan fingerprint density at radius 1 is 1.12 bits per heavy atom. The second kappa shape index (κ2) is 4.45. The van der Waals surface area contributed by atoms with Gasteiger partial charge >= 0.3 is 0 Å². The average molecular weight is 209 g/mol. The number of rotatable bonds is 2. The maximum Gasteiger partial charge on any atom is 0.124 e. The number of nitrogen functional groups attached to an aromatic ring is 1. The van der Waals surface area contributed by atoms with Gasteiger partial charge in [0.25, 0.3) is 0 Å². The van der Waals surface area contributed by atoms with Crippen molar-refractivity contribution in [2.24, 2.45) is 0 Å². The first-order chi connectivity index (χ1) is 7.81. The molecule has 0 fully saturated rings. The van der Waals surface area contributed by atoms with Crippen LogP contribution in [0.15, 0.2) is 42.5 Å². The van der Waals surface area contributed by atoms with Crippen molar-refractivity contribution >= 4 is 5.82 Å². The molecule has 0 atom stereocenters. The SMILES string of the molecule is N#CCc1ccc(N)nc1-c1ccccc1. The lowest BCUT2D eigenvalue weighted by atomic mass is 10.0. The molecule has 0 radical (unpaired) electrons. The highest BCUT2D eigenvalue weighted by atomic mass is 14.8. The standard InChI is InChI=1S/C13H11N3/c14-9-8-11-6-7-12(15)16-13(11)10-4-2-1-3-5-10/h1-7H,8H2,(H2,15,16). The minimum Gasteiger partial charge on any atom is -0.384 e. The number of pyridine rings is 1. The van der Waals surface area contributed by atoms with Gasteiger partial charge in [-0.1, -0.05) is 36.4 Å². The fourth-order valence-electron chi connectivity index (χ4n) is 1.58. The van der Waals surface area contributed by atoms with Gasteiger partial charge in [-0.2, -0.15) is 5.26 Å². The molecule has 0 unspecified atom stereocenters. The molecule has 2 aromatic rings. The number of anilines is 1. The van der Waals surface area contributed by atoms with Gasteiger partial charge in [0.1, 0.15) is 5.82 Å². The van der Waals surface area contributed by atoms with E-state index in [2.05, 4.69) is 11.1 Å². The van der Waals surface area contributed by atoms with Gasteiger partial charge in [-0.25, -0.2) is 4.98 Å². The van der Waals surface area contributed by atoms with E-state index in [1.165, 1.54) is 0 Å². The molecule has 0 saturated heterocycles. The Morgan fingerprint density at radius 2 is 1.88 bits per heavy atom. The van der Waals surface area contributed by atoms with Gasteiger partial charge < -0.3 is 5.73 Å². The normalized spacial score (nSPS) is 9.69.